The van der Waals surface area contributed by atoms with Gasteiger partial charge in [-0.2, -0.15) is 0 Å². The van der Waals surface area contributed by atoms with E-state index in [2.05, 4.69) is 6.92 Å². The van der Waals surface area contributed by atoms with Gasteiger partial charge >= 0.3 is 0 Å². The third kappa shape index (κ3) is 2.87. The molecule has 0 unspecified atom stereocenters. The second-order valence-electron chi connectivity index (χ2n) is 3.66. The molecule has 0 aromatic heterocycles. The van der Waals surface area contributed by atoms with Gasteiger partial charge in [-0.05, 0) is 37.6 Å². The van der Waals surface area contributed by atoms with E-state index in [9.17, 15) is 0 Å². The van der Waals surface area contributed by atoms with Gasteiger partial charge in [-0.15, -0.1) is 0 Å². The van der Waals surface area contributed by atoms with Crippen LogP contribution >= 0.6 is 11.6 Å². The first-order valence-corrected chi connectivity index (χ1v) is 5.41. The predicted molar refractivity (Wildman–Crippen MR) is 63.1 cm³/mol. The number of hydrogen-bond acceptors (Lipinski definition) is 1. The summed E-state index contributed by atoms with van der Waals surface area (Å²) in [7, 11) is 0. The van der Waals surface area contributed by atoms with E-state index in [1.54, 1.807) is 0 Å². The Kier molecular flexibility index (Phi) is 3.12. The summed E-state index contributed by atoms with van der Waals surface area (Å²) in [6, 6.07) is 8.05. The van der Waals surface area contributed by atoms with E-state index >= 15 is 0 Å². The molecule has 0 aliphatic heterocycles. The monoisotopic (exact) mass is 220 g/mol. The van der Waals surface area contributed by atoms with Crippen molar-refractivity contribution in [3.8, 4) is 5.75 Å². The summed E-state index contributed by atoms with van der Waals surface area (Å²) >= 11 is 5.87. The number of halogens is 1. The summed E-state index contributed by atoms with van der Waals surface area (Å²) in [4.78, 5) is 0. The molecule has 1 aromatic rings. The van der Waals surface area contributed by atoms with Crippen LogP contribution in [0.1, 0.15) is 18.4 Å². The maximum Gasteiger partial charge on any atom is 0.126 e. The van der Waals surface area contributed by atoms with Gasteiger partial charge in [0.15, 0.2) is 0 Å². The zero-order valence-corrected chi connectivity index (χ0v) is 9.42. The Bertz CT molecular complexity index is 401. The van der Waals surface area contributed by atoms with Gasteiger partial charge in [-0.1, -0.05) is 29.3 Å². The third-order valence-corrected chi connectivity index (χ3v) is 2.65. The summed E-state index contributed by atoms with van der Waals surface area (Å²) in [5.41, 5.74) is 1.24. The average Bonchev–Trinajstić information content (AvgIpc) is 2.25. The lowest BCUT2D eigenvalue weighted by Crippen LogP contribution is -1.98. The molecule has 0 bridgehead atoms. The van der Waals surface area contributed by atoms with Crippen molar-refractivity contribution >= 4 is 11.6 Å². The maximum absolute atomic E-state index is 5.87. The number of aryl methyl sites for hydroxylation is 1. The second-order valence-corrected chi connectivity index (χ2v) is 4.15. The SMILES string of the molecule is Cc1ccc(OC2=CC=C(Cl)CC2)cc1. The van der Waals surface area contributed by atoms with Crippen molar-refractivity contribution in [1.82, 2.24) is 0 Å². The lowest BCUT2D eigenvalue weighted by Gasteiger charge is -2.12. The molecule has 78 valence electrons. The Morgan fingerprint density at radius 2 is 1.80 bits per heavy atom. The van der Waals surface area contributed by atoms with Crippen LogP contribution in [0.4, 0.5) is 0 Å². The Hall–Kier alpha value is -1.21. The van der Waals surface area contributed by atoms with Gasteiger partial charge in [0.1, 0.15) is 11.5 Å². The molecule has 1 aliphatic carbocycles. The van der Waals surface area contributed by atoms with E-state index in [-0.39, 0.29) is 0 Å². The maximum atomic E-state index is 5.87. The van der Waals surface area contributed by atoms with E-state index in [4.69, 9.17) is 16.3 Å². The minimum Gasteiger partial charge on any atom is -0.462 e. The van der Waals surface area contributed by atoms with Crippen molar-refractivity contribution < 1.29 is 4.74 Å². The molecule has 15 heavy (non-hydrogen) atoms. The van der Waals surface area contributed by atoms with Crippen molar-refractivity contribution in [3.05, 3.63) is 52.8 Å². The number of hydrogen-bond donors (Lipinski definition) is 0. The van der Waals surface area contributed by atoms with E-state index in [0.29, 0.717) is 0 Å². The van der Waals surface area contributed by atoms with Gasteiger partial charge in [0, 0.05) is 11.5 Å². The summed E-state index contributed by atoms with van der Waals surface area (Å²) in [5.74, 6) is 1.86. The first kappa shape index (κ1) is 10.3. The molecular weight excluding hydrogens is 208 g/mol. The summed E-state index contributed by atoms with van der Waals surface area (Å²) < 4.78 is 5.72. The van der Waals surface area contributed by atoms with Crippen LogP contribution in [0, 0.1) is 6.92 Å². The predicted octanol–water partition coefficient (Wildman–Crippen LogP) is 4.17. The second kappa shape index (κ2) is 4.54. The standard InChI is InChI=1S/C13H13ClO/c1-10-2-6-12(7-3-10)15-13-8-4-11(14)5-9-13/h2-4,6-8H,5,9H2,1H3. The number of rotatable bonds is 2. The molecule has 0 saturated carbocycles. The Labute approximate surface area is 95.0 Å². The molecule has 0 spiro atoms. The van der Waals surface area contributed by atoms with Gasteiger partial charge in [-0.25, -0.2) is 0 Å². The molecule has 0 N–H and O–H groups in total. The number of allylic oxidation sites excluding steroid dienone is 4. The lowest BCUT2D eigenvalue weighted by atomic mass is 10.1. The van der Waals surface area contributed by atoms with Gasteiger partial charge < -0.3 is 4.74 Å². The van der Waals surface area contributed by atoms with Gasteiger partial charge in [-0.3, -0.25) is 0 Å². The van der Waals surface area contributed by atoms with Crippen LogP contribution in [0.3, 0.4) is 0 Å². The van der Waals surface area contributed by atoms with Crippen molar-refractivity contribution in [2.75, 3.05) is 0 Å². The Morgan fingerprint density at radius 3 is 2.40 bits per heavy atom. The molecule has 1 nitrogen and oxygen atoms in total. The largest absolute Gasteiger partial charge is 0.462 e. The molecule has 0 saturated heterocycles. The quantitative estimate of drug-likeness (QED) is 0.727. The van der Waals surface area contributed by atoms with Crippen LogP contribution in [-0.2, 0) is 0 Å². The highest BCUT2D eigenvalue weighted by atomic mass is 35.5. The van der Waals surface area contributed by atoms with E-state index in [1.165, 1.54) is 5.56 Å². The summed E-state index contributed by atoms with van der Waals surface area (Å²) in [6.07, 6.45) is 5.59. The van der Waals surface area contributed by atoms with Gasteiger partial charge in [0.2, 0.25) is 0 Å². The highest BCUT2D eigenvalue weighted by molar-refractivity contribution is 6.29. The topological polar surface area (TPSA) is 9.23 Å². The van der Waals surface area contributed by atoms with Crippen molar-refractivity contribution in [2.24, 2.45) is 0 Å². The number of ether oxygens (including phenoxy) is 1. The fourth-order valence-electron chi connectivity index (χ4n) is 1.44. The molecule has 0 fully saturated rings. The van der Waals surface area contributed by atoms with E-state index in [0.717, 1.165) is 29.4 Å². The molecule has 2 rings (SSSR count). The Balaban J connectivity index is 2.06. The third-order valence-electron chi connectivity index (χ3n) is 2.33. The zero-order chi connectivity index (χ0) is 10.7. The van der Waals surface area contributed by atoms with E-state index < -0.39 is 0 Å². The van der Waals surface area contributed by atoms with Crippen molar-refractivity contribution in [1.29, 1.82) is 0 Å². The molecular formula is C13H13ClO. The first-order valence-electron chi connectivity index (χ1n) is 5.04. The van der Waals surface area contributed by atoms with Crippen LogP contribution in [-0.4, -0.2) is 0 Å². The molecule has 0 radical (unpaired) electrons. The van der Waals surface area contributed by atoms with Crippen LogP contribution in [0.2, 0.25) is 0 Å². The fourth-order valence-corrected chi connectivity index (χ4v) is 1.59. The summed E-state index contributed by atoms with van der Waals surface area (Å²) in [6.45, 7) is 2.06. The molecule has 0 atom stereocenters. The van der Waals surface area contributed by atoms with Crippen LogP contribution in [0.5, 0.6) is 5.75 Å². The molecule has 0 amide bonds. The average molecular weight is 221 g/mol. The normalized spacial score (nSPS) is 15.6. The number of benzene rings is 1. The minimum absolute atomic E-state index is 0.874. The lowest BCUT2D eigenvalue weighted by molar-refractivity contribution is 0.402. The molecule has 1 aromatic carbocycles. The van der Waals surface area contributed by atoms with E-state index in [1.807, 2.05) is 36.4 Å². The zero-order valence-electron chi connectivity index (χ0n) is 8.66. The molecule has 1 aliphatic rings. The van der Waals surface area contributed by atoms with Crippen molar-refractivity contribution in [3.63, 3.8) is 0 Å². The highest BCUT2D eigenvalue weighted by Crippen LogP contribution is 2.24. The van der Waals surface area contributed by atoms with Crippen molar-refractivity contribution in [2.45, 2.75) is 19.8 Å². The molecule has 0 heterocycles. The Morgan fingerprint density at radius 1 is 1.07 bits per heavy atom. The first-order chi connectivity index (χ1) is 7.24. The van der Waals surface area contributed by atoms with Gasteiger partial charge in [0.05, 0.1) is 0 Å². The molecule has 2 heteroatoms. The summed E-state index contributed by atoms with van der Waals surface area (Å²) in [5, 5.41) is 0.895. The minimum atomic E-state index is 0.874. The van der Waals surface area contributed by atoms with Crippen LogP contribution in [0.25, 0.3) is 0 Å². The van der Waals surface area contributed by atoms with Crippen LogP contribution < -0.4 is 4.74 Å². The van der Waals surface area contributed by atoms with Gasteiger partial charge in [0.25, 0.3) is 0 Å². The van der Waals surface area contributed by atoms with Crippen LogP contribution in [0.15, 0.2) is 47.2 Å². The highest BCUT2D eigenvalue weighted by Gasteiger charge is 2.06. The smallest absolute Gasteiger partial charge is 0.126 e. The fraction of sp³-hybridized carbons (Fsp3) is 0.231.